The summed E-state index contributed by atoms with van der Waals surface area (Å²) in [6.45, 7) is 3.63. The van der Waals surface area contributed by atoms with E-state index in [9.17, 15) is 9.59 Å². The van der Waals surface area contributed by atoms with E-state index >= 15 is 0 Å². The van der Waals surface area contributed by atoms with Gasteiger partial charge in [0.15, 0.2) is 11.5 Å². The van der Waals surface area contributed by atoms with E-state index in [1.165, 1.54) is 17.5 Å². The summed E-state index contributed by atoms with van der Waals surface area (Å²) in [5.74, 6) is 0.272. The number of aromatic amines is 1. The molecule has 4 heterocycles. The molecule has 3 aromatic heterocycles. The number of aromatic nitrogens is 4. The minimum atomic E-state index is -0.334. The summed E-state index contributed by atoms with van der Waals surface area (Å²) in [6.07, 6.45) is 3.96. The van der Waals surface area contributed by atoms with Crippen LogP contribution in [0.15, 0.2) is 57.9 Å². The van der Waals surface area contributed by atoms with E-state index in [-0.39, 0.29) is 23.7 Å². The molecule has 1 saturated heterocycles. The highest BCUT2D eigenvalue weighted by Crippen LogP contribution is 2.18. The smallest absolute Gasteiger partial charge is 0.274 e. The predicted molar refractivity (Wildman–Crippen MR) is 119 cm³/mol. The Morgan fingerprint density at radius 3 is 2.69 bits per heavy atom. The zero-order valence-corrected chi connectivity index (χ0v) is 17.6. The van der Waals surface area contributed by atoms with Gasteiger partial charge in [0.2, 0.25) is 0 Å². The number of carbonyl (C=O) groups is 1. The summed E-state index contributed by atoms with van der Waals surface area (Å²) in [5.41, 5.74) is 1.42. The number of carbonyl (C=O) groups excluding carboxylic acids is 1. The molecule has 0 atom stereocenters. The third kappa shape index (κ3) is 4.06. The fourth-order valence-corrected chi connectivity index (χ4v) is 4.08. The van der Waals surface area contributed by atoms with Crippen LogP contribution in [0.2, 0.25) is 0 Å². The standard InChI is InChI=1S/C23H24N6O3/c30-22(19-14-18(25-26-19)21-8-5-13-32-21)24-15-20-16-6-1-2-7-17(16)23(31)29(27-20)12-11-28-9-3-4-10-28/h1-2,5-8,13-14H,3-4,9-12,15H2,(H,24,30)(H,25,26). The second kappa shape index (κ2) is 8.80. The molecule has 1 amide bonds. The third-order valence-corrected chi connectivity index (χ3v) is 5.78. The molecular formula is C23H24N6O3. The zero-order valence-electron chi connectivity index (χ0n) is 17.6. The molecule has 0 bridgehead atoms. The molecule has 2 N–H and O–H groups in total. The molecular weight excluding hydrogens is 408 g/mol. The van der Waals surface area contributed by atoms with Gasteiger partial charge in [-0.2, -0.15) is 10.2 Å². The topological polar surface area (TPSA) is 109 Å². The van der Waals surface area contributed by atoms with Gasteiger partial charge in [0.1, 0.15) is 5.69 Å². The van der Waals surface area contributed by atoms with Gasteiger partial charge in [0.05, 0.1) is 30.4 Å². The molecule has 32 heavy (non-hydrogen) atoms. The number of amides is 1. The summed E-state index contributed by atoms with van der Waals surface area (Å²) < 4.78 is 6.85. The molecule has 0 unspecified atom stereocenters. The van der Waals surface area contributed by atoms with E-state index in [2.05, 4.69) is 25.5 Å². The fraction of sp³-hybridized carbons (Fsp3) is 0.304. The lowest BCUT2D eigenvalue weighted by molar-refractivity contribution is 0.0945. The summed E-state index contributed by atoms with van der Waals surface area (Å²) in [7, 11) is 0. The Morgan fingerprint density at radius 2 is 1.91 bits per heavy atom. The van der Waals surface area contributed by atoms with Crippen LogP contribution in [0.3, 0.4) is 0 Å². The van der Waals surface area contributed by atoms with E-state index in [1.807, 2.05) is 18.2 Å². The number of furan rings is 1. The van der Waals surface area contributed by atoms with Gasteiger partial charge in [-0.25, -0.2) is 4.68 Å². The zero-order chi connectivity index (χ0) is 21.9. The lowest BCUT2D eigenvalue weighted by Gasteiger charge is -2.16. The van der Waals surface area contributed by atoms with Crippen molar-refractivity contribution in [1.29, 1.82) is 0 Å². The van der Waals surface area contributed by atoms with Crippen LogP contribution < -0.4 is 10.9 Å². The first-order valence-electron chi connectivity index (χ1n) is 10.8. The number of likely N-dealkylation sites (tertiary alicyclic amines) is 1. The van der Waals surface area contributed by atoms with Crippen molar-refractivity contribution in [3.05, 3.63) is 70.5 Å². The lowest BCUT2D eigenvalue weighted by atomic mass is 10.1. The van der Waals surface area contributed by atoms with Crippen LogP contribution in [0.1, 0.15) is 29.0 Å². The van der Waals surface area contributed by atoms with E-state index in [1.54, 1.807) is 30.5 Å². The second-order valence-electron chi connectivity index (χ2n) is 7.90. The molecule has 1 aromatic carbocycles. The van der Waals surface area contributed by atoms with Gasteiger partial charge in [-0.3, -0.25) is 14.7 Å². The summed E-state index contributed by atoms with van der Waals surface area (Å²) >= 11 is 0. The molecule has 0 saturated carbocycles. The van der Waals surface area contributed by atoms with E-state index in [0.717, 1.165) is 25.0 Å². The molecule has 0 radical (unpaired) electrons. The highest BCUT2D eigenvalue weighted by atomic mass is 16.3. The Balaban J connectivity index is 1.35. The molecule has 1 fully saturated rings. The maximum atomic E-state index is 12.9. The van der Waals surface area contributed by atoms with Crippen molar-refractivity contribution in [3.63, 3.8) is 0 Å². The number of benzene rings is 1. The van der Waals surface area contributed by atoms with Crippen molar-refractivity contribution in [3.8, 4) is 11.5 Å². The minimum Gasteiger partial charge on any atom is -0.463 e. The number of fused-ring (bicyclic) bond motifs is 1. The molecule has 1 aliphatic heterocycles. The van der Waals surface area contributed by atoms with E-state index < -0.39 is 0 Å². The van der Waals surface area contributed by atoms with Crippen LogP contribution in [-0.4, -0.2) is 50.4 Å². The third-order valence-electron chi connectivity index (χ3n) is 5.78. The van der Waals surface area contributed by atoms with Crippen LogP contribution in [0, 0.1) is 0 Å². The summed E-state index contributed by atoms with van der Waals surface area (Å²) in [4.78, 5) is 27.9. The fourth-order valence-electron chi connectivity index (χ4n) is 4.08. The van der Waals surface area contributed by atoms with Crippen LogP contribution in [0.4, 0.5) is 0 Å². The largest absolute Gasteiger partial charge is 0.463 e. The monoisotopic (exact) mass is 432 g/mol. The Kier molecular flexibility index (Phi) is 5.55. The number of nitrogens with one attached hydrogen (secondary N) is 2. The van der Waals surface area contributed by atoms with Crippen molar-refractivity contribution in [1.82, 2.24) is 30.2 Å². The first-order valence-corrected chi connectivity index (χ1v) is 10.8. The quantitative estimate of drug-likeness (QED) is 0.464. The average Bonchev–Trinajstić information content (AvgIpc) is 3.60. The first-order chi connectivity index (χ1) is 15.7. The molecule has 0 aliphatic carbocycles. The van der Waals surface area contributed by atoms with Crippen LogP contribution in [-0.2, 0) is 13.1 Å². The van der Waals surface area contributed by atoms with E-state index in [4.69, 9.17) is 4.42 Å². The molecule has 164 valence electrons. The number of hydrogen-bond acceptors (Lipinski definition) is 6. The van der Waals surface area contributed by atoms with Gasteiger partial charge in [-0.05, 0) is 44.1 Å². The van der Waals surface area contributed by atoms with Crippen molar-refractivity contribution >= 4 is 16.7 Å². The van der Waals surface area contributed by atoms with Crippen LogP contribution in [0.25, 0.3) is 22.2 Å². The molecule has 9 nitrogen and oxygen atoms in total. The Bertz CT molecular complexity index is 1280. The van der Waals surface area contributed by atoms with Gasteiger partial charge >= 0.3 is 0 Å². The van der Waals surface area contributed by atoms with Crippen molar-refractivity contribution < 1.29 is 9.21 Å². The van der Waals surface area contributed by atoms with Gasteiger partial charge in [0.25, 0.3) is 11.5 Å². The van der Waals surface area contributed by atoms with Crippen LogP contribution in [0.5, 0.6) is 0 Å². The van der Waals surface area contributed by atoms with E-state index in [0.29, 0.717) is 29.1 Å². The normalized spacial score (nSPS) is 14.2. The predicted octanol–water partition coefficient (Wildman–Crippen LogP) is 2.41. The van der Waals surface area contributed by atoms with Crippen molar-refractivity contribution in [2.24, 2.45) is 0 Å². The number of rotatable bonds is 7. The van der Waals surface area contributed by atoms with Gasteiger partial charge < -0.3 is 14.6 Å². The molecule has 4 aromatic rings. The van der Waals surface area contributed by atoms with Crippen molar-refractivity contribution in [2.75, 3.05) is 19.6 Å². The molecule has 1 aliphatic rings. The Hall–Kier alpha value is -3.72. The lowest BCUT2D eigenvalue weighted by Crippen LogP contribution is -2.32. The Morgan fingerprint density at radius 1 is 1.09 bits per heavy atom. The molecule has 9 heteroatoms. The van der Waals surface area contributed by atoms with Crippen LogP contribution >= 0.6 is 0 Å². The van der Waals surface area contributed by atoms with Gasteiger partial charge in [-0.1, -0.05) is 18.2 Å². The highest BCUT2D eigenvalue weighted by molar-refractivity contribution is 5.93. The van der Waals surface area contributed by atoms with Gasteiger partial charge in [-0.15, -0.1) is 0 Å². The highest BCUT2D eigenvalue weighted by Gasteiger charge is 2.16. The number of H-pyrrole nitrogens is 1. The maximum absolute atomic E-state index is 12.9. The SMILES string of the molecule is O=C(NCc1nn(CCN2CCCC2)c(=O)c2ccccc12)c1cc(-c2ccco2)[nH]n1. The first kappa shape index (κ1) is 20.2. The number of hydrogen-bond donors (Lipinski definition) is 2. The van der Waals surface area contributed by atoms with Gasteiger partial charge in [0, 0.05) is 18.0 Å². The molecule has 5 rings (SSSR count). The minimum absolute atomic E-state index is 0.106. The maximum Gasteiger partial charge on any atom is 0.274 e. The second-order valence-corrected chi connectivity index (χ2v) is 7.90. The van der Waals surface area contributed by atoms with Crippen molar-refractivity contribution in [2.45, 2.75) is 25.9 Å². The Labute approximate surface area is 184 Å². The summed E-state index contributed by atoms with van der Waals surface area (Å²) in [5, 5.41) is 15.7. The molecule has 0 spiro atoms. The average molecular weight is 432 g/mol. The summed E-state index contributed by atoms with van der Waals surface area (Å²) in [6, 6.07) is 12.6. The number of nitrogens with zero attached hydrogens (tertiary/aromatic N) is 4.